The molecule has 7 nitrogen and oxygen atoms in total. The van der Waals surface area contributed by atoms with Crippen LogP contribution in [-0.2, 0) is 24.2 Å². The molecule has 0 N–H and O–H groups in total. The Morgan fingerprint density at radius 3 is 2.52 bits per heavy atom. The maximum atomic E-state index is 12.2. The fourth-order valence-electron chi connectivity index (χ4n) is 2.25. The van der Waals surface area contributed by atoms with E-state index in [0.717, 1.165) is 16.5 Å². The molecule has 3 aromatic rings. The van der Waals surface area contributed by atoms with Crippen LogP contribution in [0.4, 0.5) is 0 Å². The fraction of sp³-hybridized carbons (Fsp3) is 0.231. The first-order valence-corrected chi connectivity index (χ1v) is 7.65. The maximum absolute atomic E-state index is 12.2. The number of hydrogen-bond acceptors (Lipinski definition) is 5. The summed E-state index contributed by atoms with van der Waals surface area (Å²) in [7, 11) is -0.702. The molecule has 8 heteroatoms. The molecule has 0 atom stereocenters. The van der Waals surface area contributed by atoms with Crippen LogP contribution in [0.1, 0.15) is 5.56 Å². The van der Waals surface area contributed by atoms with Gasteiger partial charge in [-0.1, -0.05) is 18.2 Å². The van der Waals surface area contributed by atoms with Crippen molar-refractivity contribution in [3.63, 3.8) is 0 Å². The summed E-state index contributed by atoms with van der Waals surface area (Å²) in [5.74, 6) is 0.267. The third-order valence-corrected chi connectivity index (χ3v) is 4.30. The lowest BCUT2D eigenvalue weighted by Gasteiger charge is -2.06. The Hall–Kier alpha value is -2.35. The van der Waals surface area contributed by atoms with Crippen molar-refractivity contribution in [1.82, 2.24) is 19.3 Å². The van der Waals surface area contributed by atoms with Gasteiger partial charge in [-0.2, -0.15) is 8.42 Å². The van der Waals surface area contributed by atoms with Crippen molar-refractivity contribution in [2.24, 2.45) is 14.1 Å². The predicted molar refractivity (Wildman–Crippen MR) is 76.5 cm³/mol. The molecule has 0 aliphatic rings. The van der Waals surface area contributed by atoms with Crippen molar-refractivity contribution >= 4 is 21.0 Å². The lowest BCUT2D eigenvalue weighted by Crippen LogP contribution is -2.14. The standard InChI is InChI=1S/C13H14N4O3S/c1-9-10-6-4-5-7-11(10)17(3)12(9)20-21(18,19)13-14-8-16(2)15-13/h4-8H,1-3H3. The largest absolute Gasteiger partial charge is 0.378 e. The molecule has 3 rings (SSSR count). The Kier molecular flexibility index (Phi) is 2.98. The van der Waals surface area contributed by atoms with E-state index in [1.54, 1.807) is 18.7 Å². The Morgan fingerprint density at radius 2 is 1.90 bits per heavy atom. The monoisotopic (exact) mass is 306 g/mol. The quantitative estimate of drug-likeness (QED) is 0.683. The molecule has 2 heterocycles. The molecule has 0 saturated heterocycles. The van der Waals surface area contributed by atoms with E-state index in [1.807, 2.05) is 31.2 Å². The third kappa shape index (κ3) is 2.17. The van der Waals surface area contributed by atoms with E-state index in [9.17, 15) is 8.42 Å². The summed E-state index contributed by atoms with van der Waals surface area (Å²) in [6.07, 6.45) is 1.31. The molecule has 110 valence electrons. The van der Waals surface area contributed by atoms with Crippen LogP contribution in [0, 0.1) is 6.92 Å². The van der Waals surface area contributed by atoms with Crippen LogP contribution >= 0.6 is 0 Å². The molecule has 0 fully saturated rings. The van der Waals surface area contributed by atoms with Gasteiger partial charge in [0, 0.05) is 25.0 Å². The Morgan fingerprint density at radius 1 is 1.19 bits per heavy atom. The van der Waals surface area contributed by atoms with Gasteiger partial charge in [0.05, 0.1) is 5.52 Å². The van der Waals surface area contributed by atoms with E-state index in [-0.39, 0.29) is 11.0 Å². The highest BCUT2D eigenvalue weighted by Crippen LogP contribution is 2.31. The molecule has 0 amide bonds. The zero-order valence-electron chi connectivity index (χ0n) is 11.8. The van der Waals surface area contributed by atoms with E-state index in [1.165, 1.54) is 11.0 Å². The van der Waals surface area contributed by atoms with Gasteiger partial charge in [0.15, 0.2) is 0 Å². The minimum absolute atomic E-state index is 0.267. The summed E-state index contributed by atoms with van der Waals surface area (Å²) in [5, 5.41) is 4.37. The van der Waals surface area contributed by atoms with Crippen LogP contribution in [0.3, 0.4) is 0 Å². The second kappa shape index (κ2) is 4.59. The number of nitrogens with zero attached hydrogens (tertiary/aromatic N) is 4. The fourth-order valence-corrected chi connectivity index (χ4v) is 3.18. The molecule has 0 spiro atoms. The van der Waals surface area contributed by atoms with E-state index in [0.29, 0.717) is 0 Å². The van der Waals surface area contributed by atoms with Crippen molar-refractivity contribution in [3.05, 3.63) is 36.2 Å². The SMILES string of the molecule is Cc1c(OS(=O)(=O)c2ncn(C)n2)n(C)c2ccccc12. The van der Waals surface area contributed by atoms with Crippen LogP contribution in [0.25, 0.3) is 10.9 Å². The summed E-state index contributed by atoms with van der Waals surface area (Å²) in [6, 6.07) is 7.61. The highest BCUT2D eigenvalue weighted by atomic mass is 32.2. The van der Waals surface area contributed by atoms with Gasteiger partial charge in [-0.25, -0.2) is 4.98 Å². The van der Waals surface area contributed by atoms with Crippen molar-refractivity contribution in [2.45, 2.75) is 12.1 Å². The average molecular weight is 306 g/mol. The highest BCUT2D eigenvalue weighted by molar-refractivity contribution is 7.86. The van der Waals surface area contributed by atoms with Gasteiger partial charge in [0.2, 0.25) is 5.88 Å². The van der Waals surface area contributed by atoms with Crippen molar-refractivity contribution in [2.75, 3.05) is 0 Å². The van der Waals surface area contributed by atoms with Crippen LogP contribution in [-0.4, -0.2) is 27.7 Å². The number of benzene rings is 1. The number of fused-ring (bicyclic) bond motifs is 1. The van der Waals surface area contributed by atoms with Gasteiger partial charge in [-0.05, 0) is 13.0 Å². The van der Waals surface area contributed by atoms with E-state index >= 15 is 0 Å². The lowest BCUT2D eigenvalue weighted by atomic mass is 10.2. The summed E-state index contributed by atoms with van der Waals surface area (Å²) >= 11 is 0. The Bertz CT molecular complexity index is 885. The minimum atomic E-state index is -4.05. The normalized spacial score (nSPS) is 12.0. The number of aryl methyl sites for hydroxylation is 3. The van der Waals surface area contributed by atoms with Gasteiger partial charge < -0.3 is 8.75 Å². The van der Waals surface area contributed by atoms with Gasteiger partial charge in [0.1, 0.15) is 6.33 Å². The van der Waals surface area contributed by atoms with Crippen molar-refractivity contribution in [3.8, 4) is 5.88 Å². The topological polar surface area (TPSA) is 79.0 Å². The van der Waals surface area contributed by atoms with Gasteiger partial charge in [0.25, 0.3) is 0 Å². The van der Waals surface area contributed by atoms with E-state index in [2.05, 4.69) is 10.1 Å². The molecular weight excluding hydrogens is 292 g/mol. The zero-order chi connectivity index (χ0) is 15.2. The summed E-state index contributed by atoms with van der Waals surface area (Å²) in [6.45, 7) is 1.82. The van der Waals surface area contributed by atoms with E-state index in [4.69, 9.17) is 4.18 Å². The molecule has 0 aliphatic heterocycles. The number of rotatable bonds is 3. The lowest BCUT2D eigenvalue weighted by molar-refractivity contribution is 0.455. The molecule has 2 aromatic heterocycles. The first-order valence-electron chi connectivity index (χ1n) is 6.24. The molecule has 0 saturated carbocycles. The number of para-hydroxylation sites is 1. The summed E-state index contributed by atoms with van der Waals surface area (Å²) < 4.78 is 32.7. The van der Waals surface area contributed by atoms with Gasteiger partial charge in [-0.3, -0.25) is 4.68 Å². The Labute approximate surface area is 121 Å². The first kappa shape index (κ1) is 13.6. The molecular formula is C13H14N4O3S. The smallest absolute Gasteiger partial charge is 0.357 e. The van der Waals surface area contributed by atoms with E-state index < -0.39 is 10.1 Å². The zero-order valence-corrected chi connectivity index (χ0v) is 12.6. The second-order valence-corrected chi connectivity index (χ2v) is 6.18. The second-order valence-electron chi connectivity index (χ2n) is 4.74. The maximum Gasteiger partial charge on any atom is 0.378 e. The van der Waals surface area contributed by atoms with Gasteiger partial charge >= 0.3 is 15.3 Å². The number of hydrogen-bond donors (Lipinski definition) is 0. The van der Waals surface area contributed by atoms with Crippen molar-refractivity contribution < 1.29 is 12.6 Å². The molecule has 0 unspecified atom stereocenters. The summed E-state index contributed by atoms with van der Waals surface area (Å²) in [5.41, 5.74) is 1.65. The summed E-state index contributed by atoms with van der Waals surface area (Å²) in [4.78, 5) is 3.73. The van der Waals surface area contributed by atoms with Crippen LogP contribution < -0.4 is 4.18 Å². The predicted octanol–water partition coefficient (Wildman–Crippen LogP) is 1.38. The molecule has 0 radical (unpaired) electrons. The Balaban J connectivity index is 2.10. The third-order valence-electron chi connectivity index (χ3n) is 3.29. The highest BCUT2D eigenvalue weighted by Gasteiger charge is 2.25. The van der Waals surface area contributed by atoms with Crippen LogP contribution in [0.15, 0.2) is 35.7 Å². The molecule has 0 bridgehead atoms. The van der Waals surface area contributed by atoms with Gasteiger partial charge in [-0.15, -0.1) is 5.10 Å². The van der Waals surface area contributed by atoms with Crippen LogP contribution in [0.5, 0.6) is 5.88 Å². The molecule has 0 aliphatic carbocycles. The average Bonchev–Trinajstić information content (AvgIpc) is 2.98. The van der Waals surface area contributed by atoms with Crippen LogP contribution in [0.2, 0.25) is 0 Å². The minimum Gasteiger partial charge on any atom is -0.357 e. The molecule has 1 aromatic carbocycles. The first-order chi connectivity index (χ1) is 9.90. The van der Waals surface area contributed by atoms with Crippen molar-refractivity contribution in [1.29, 1.82) is 0 Å². The molecule has 21 heavy (non-hydrogen) atoms. The number of aromatic nitrogens is 4.